The molecule has 2 heteroatoms. The standard InChI is InChI=1S/C17H30N2/c1-4-6-7-8-13-18-14-15-19(3)17-11-9-16(5-2)10-12-17/h9-12,18H,4-8,13-15H2,1-3H3. The largest absolute Gasteiger partial charge is 0.373 e. The summed E-state index contributed by atoms with van der Waals surface area (Å²) in [6.45, 7) is 7.74. The van der Waals surface area contributed by atoms with Crippen LogP contribution < -0.4 is 10.2 Å². The molecule has 0 spiro atoms. The van der Waals surface area contributed by atoms with E-state index in [0.29, 0.717) is 0 Å². The van der Waals surface area contributed by atoms with Crippen LogP contribution in [0.15, 0.2) is 24.3 Å². The number of nitrogens with one attached hydrogen (secondary N) is 1. The molecule has 0 unspecified atom stereocenters. The van der Waals surface area contributed by atoms with Crippen molar-refractivity contribution >= 4 is 5.69 Å². The predicted molar refractivity (Wildman–Crippen MR) is 86.1 cm³/mol. The topological polar surface area (TPSA) is 15.3 Å². The summed E-state index contributed by atoms with van der Waals surface area (Å²) < 4.78 is 0. The smallest absolute Gasteiger partial charge is 0.0364 e. The number of hydrogen-bond acceptors (Lipinski definition) is 2. The lowest BCUT2D eigenvalue weighted by Gasteiger charge is -2.19. The number of likely N-dealkylation sites (N-methyl/N-ethyl adjacent to an activating group) is 1. The zero-order valence-corrected chi connectivity index (χ0v) is 12.9. The van der Waals surface area contributed by atoms with Gasteiger partial charge in [-0.05, 0) is 37.1 Å². The number of hydrogen-bond donors (Lipinski definition) is 1. The van der Waals surface area contributed by atoms with Crippen molar-refractivity contribution in [3.05, 3.63) is 29.8 Å². The van der Waals surface area contributed by atoms with Gasteiger partial charge in [-0.1, -0.05) is 45.2 Å². The predicted octanol–water partition coefficient (Wildman–Crippen LogP) is 3.86. The summed E-state index contributed by atoms with van der Waals surface area (Å²) in [4.78, 5) is 2.32. The van der Waals surface area contributed by atoms with Crippen molar-refractivity contribution in [2.45, 2.75) is 46.0 Å². The molecule has 0 radical (unpaired) electrons. The maximum atomic E-state index is 3.53. The van der Waals surface area contributed by atoms with Crippen LogP contribution in [0.4, 0.5) is 5.69 Å². The SMILES string of the molecule is CCCCCCNCCN(C)c1ccc(CC)cc1. The van der Waals surface area contributed by atoms with Crippen LogP contribution in [0.2, 0.25) is 0 Å². The van der Waals surface area contributed by atoms with Crippen LogP contribution in [0.25, 0.3) is 0 Å². The highest BCUT2D eigenvalue weighted by molar-refractivity contribution is 5.46. The minimum Gasteiger partial charge on any atom is -0.373 e. The maximum Gasteiger partial charge on any atom is 0.0364 e. The minimum atomic E-state index is 1.07. The van der Waals surface area contributed by atoms with Gasteiger partial charge in [0.2, 0.25) is 0 Å². The van der Waals surface area contributed by atoms with Gasteiger partial charge in [-0.25, -0.2) is 0 Å². The molecule has 0 saturated heterocycles. The molecule has 0 amide bonds. The second kappa shape index (κ2) is 9.85. The Bertz CT molecular complexity index is 319. The number of aryl methyl sites for hydroxylation is 1. The van der Waals surface area contributed by atoms with Crippen LogP contribution in [0, 0.1) is 0 Å². The van der Waals surface area contributed by atoms with Crippen LogP contribution in [0.3, 0.4) is 0 Å². The van der Waals surface area contributed by atoms with Crippen molar-refractivity contribution < 1.29 is 0 Å². The van der Waals surface area contributed by atoms with Crippen molar-refractivity contribution in [2.24, 2.45) is 0 Å². The van der Waals surface area contributed by atoms with Crippen molar-refractivity contribution in [1.29, 1.82) is 0 Å². The van der Waals surface area contributed by atoms with E-state index >= 15 is 0 Å². The van der Waals surface area contributed by atoms with Crippen LogP contribution in [0.5, 0.6) is 0 Å². The lowest BCUT2D eigenvalue weighted by Crippen LogP contribution is -2.29. The Kier molecular flexibility index (Phi) is 8.31. The molecule has 1 aromatic rings. The molecule has 2 nitrogen and oxygen atoms in total. The van der Waals surface area contributed by atoms with Crippen LogP contribution in [-0.4, -0.2) is 26.7 Å². The first-order valence-electron chi connectivity index (χ1n) is 7.78. The summed E-state index contributed by atoms with van der Waals surface area (Å²) in [5.41, 5.74) is 2.72. The van der Waals surface area contributed by atoms with Crippen molar-refractivity contribution in [2.75, 3.05) is 31.6 Å². The van der Waals surface area contributed by atoms with E-state index in [9.17, 15) is 0 Å². The van der Waals surface area contributed by atoms with Gasteiger partial charge in [0.05, 0.1) is 0 Å². The molecule has 0 aliphatic rings. The Morgan fingerprint density at radius 2 is 1.68 bits per heavy atom. The first-order valence-corrected chi connectivity index (χ1v) is 7.78. The quantitative estimate of drug-likeness (QED) is 0.644. The summed E-state index contributed by atoms with van der Waals surface area (Å²) in [6.07, 6.45) is 6.46. The Labute approximate surface area is 119 Å². The van der Waals surface area contributed by atoms with Gasteiger partial charge in [-0.3, -0.25) is 0 Å². The third-order valence-electron chi connectivity index (χ3n) is 3.62. The van der Waals surface area contributed by atoms with E-state index in [0.717, 1.165) is 26.1 Å². The highest BCUT2D eigenvalue weighted by atomic mass is 15.1. The molecule has 1 N–H and O–H groups in total. The fourth-order valence-corrected chi connectivity index (χ4v) is 2.16. The van der Waals surface area contributed by atoms with Crippen LogP contribution >= 0.6 is 0 Å². The summed E-state index contributed by atoms with van der Waals surface area (Å²) in [6, 6.07) is 8.90. The number of rotatable bonds is 10. The molecule has 1 aromatic carbocycles. The van der Waals surface area contributed by atoms with Gasteiger partial charge in [0.1, 0.15) is 0 Å². The molecule has 0 heterocycles. The molecule has 19 heavy (non-hydrogen) atoms. The second-order valence-corrected chi connectivity index (χ2v) is 5.25. The summed E-state index contributed by atoms with van der Waals surface area (Å²) in [5, 5.41) is 3.53. The fraction of sp³-hybridized carbons (Fsp3) is 0.647. The molecule has 1 rings (SSSR count). The number of anilines is 1. The third kappa shape index (κ3) is 6.63. The molecule has 0 atom stereocenters. The van der Waals surface area contributed by atoms with Gasteiger partial charge < -0.3 is 10.2 Å². The third-order valence-corrected chi connectivity index (χ3v) is 3.62. The molecule has 0 aliphatic carbocycles. The van der Waals surface area contributed by atoms with E-state index in [1.165, 1.54) is 36.9 Å². The number of nitrogens with zero attached hydrogens (tertiary/aromatic N) is 1. The molecular formula is C17H30N2. The van der Waals surface area contributed by atoms with E-state index < -0.39 is 0 Å². The Hall–Kier alpha value is -1.02. The average Bonchev–Trinajstić information content (AvgIpc) is 2.46. The number of benzene rings is 1. The molecule has 0 fully saturated rings. The van der Waals surface area contributed by atoms with Crippen molar-refractivity contribution in [1.82, 2.24) is 5.32 Å². The normalized spacial score (nSPS) is 10.7. The average molecular weight is 262 g/mol. The first-order chi connectivity index (χ1) is 9.27. The molecule has 0 bridgehead atoms. The fourth-order valence-electron chi connectivity index (χ4n) is 2.16. The highest BCUT2D eigenvalue weighted by Gasteiger charge is 2.00. The van der Waals surface area contributed by atoms with Gasteiger partial charge in [-0.2, -0.15) is 0 Å². The Morgan fingerprint density at radius 3 is 2.32 bits per heavy atom. The number of unbranched alkanes of at least 4 members (excludes halogenated alkanes) is 3. The monoisotopic (exact) mass is 262 g/mol. The zero-order chi connectivity index (χ0) is 13.9. The summed E-state index contributed by atoms with van der Waals surface area (Å²) in [5.74, 6) is 0. The van der Waals surface area contributed by atoms with E-state index in [4.69, 9.17) is 0 Å². The zero-order valence-electron chi connectivity index (χ0n) is 12.9. The first kappa shape index (κ1) is 16.0. The summed E-state index contributed by atoms with van der Waals surface area (Å²) in [7, 11) is 2.17. The lowest BCUT2D eigenvalue weighted by atomic mass is 10.1. The minimum absolute atomic E-state index is 1.07. The molecular weight excluding hydrogens is 232 g/mol. The van der Waals surface area contributed by atoms with E-state index in [-0.39, 0.29) is 0 Å². The highest BCUT2D eigenvalue weighted by Crippen LogP contribution is 2.13. The summed E-state index contributed by atoms with van der Waals surface area (Å²) >= 11 is 0. The van der Waals surface area contributed by atoms with Gasteiger partial charge in [0.15, 0.2) is 0 Å². The van der Waals surface area contributed by atoms with Crippen molar-refractivity contribution in [3.8, 4) is 0 Å². The van der Waals surface area contributed by atoms with Crippen molar-refractivity contribution in [3.63, 3.8) is 0 Å². The van der Waals surface area contributed by atoms with Crippen LogP contribution in [0.1, 0.15) is 45.1 Å². The van der Waals surface area contributed by atoms with Gasteiger partial charge in [0, 0.05) is 25.8 Å². The van der Waals surface area contributed by atoms with E-state index in [1.807, 2.05) is 0 Å². The van der Waals surface area contributed by atoms with E-state index in [1.54, 1.807) is 0 Å². The Morgan fingerprint density at radius 1 is 0.947 bits per heavy atom. The molecule has 0 saturated carbocycles. The van der Waals surface area contributed by atoms with Gasteiger partial charge in [-0.15, -0.1) is 0 Å². The van der Waals surface area contributed by atoms with E-state index in [2.05, 4.69) is 55.4 Å². The van der Waals surface area contributed by atoms with Crippen LogP contribution in [-0.2, 0) is 6.42 Å². The second-order valence-electron chi connectivity index (χ2n) is 5.25. The van der Waals surface area contributed by atoms with Gasteiger partial charge >= 0.3 is 0 Å². The van der Waals surface area contributed by atoms with Gasteiger partial charge in [0.25, 0.3) is 0 Å². The molecule has 0 aromatic heterocycles. The lowest BCUT2D eigenvalue weighted by molar-refractivity contribution is 0.598. The maximum absolute atomic E-state index is 3.53. The Balaban J connectivity index is 2.14. The molecule has 0 aliphatic heterocycles. The molecule has 108 valence electrons.